The molecule has 0 bridgehead atoms. The highest BCUT2D eigenvalue weighted by atomic mass is 19.1. The maximum Gasteiger partial charge on any atom is 0.439 e. The van der Waals surface area contributed by atoms with E-state index in [1.807, 2.05) is 6.07 Å². The van der Waals surface area contributed by atoms with E-state index in [4.69, 9.17) is 5.26 Å². The van der Waals surface area contributed by atoms with E-state index >= 15 is 0 Å². The van der Waals surface area contributed by atoms with E-state index in [1.54, 1.807) is 24.3 Å². The molecular weight excluding hydrogens is 407 g/mol. The molecule has 0 saturated heterocycles. The summed E-state index contributed by atoms with van der Waals surface area (Å²) in [5.74, 6) is -2.08. The molecule has 2 amide bonds. The zero-order valence-electron chi connectivity index (χ0n) is 15.7. The Labute approximate surface area is 172 Å². The number of hydrogen-bond acceptors (Lipinski definition) is 6. The summed E-state index contributed by atoms with van der Waals surface area (Å²) in [5.41, 5.74) is 1.80. The third kappa shape index (κ3) is 3.90. The zero-order valence-corrected chi connectivity index (χ0v) is 15.7. The monoisotopic (exact) mass is 420 g/mol. The summed E-state index contributed by atoms with van der Waals surface area (Å²) in [5, 5.41) is 18.5. The van der Waals surface area contributed by atoms with Gasteiger partial charge in [0, 0.05) is 10.9 Å². The minimum atomic E-state index is -1.17. The van der Waals surface area contributed by atoms with Crippen LogP contribution >= 0.6 is 0 Å². The van der Waals surface area contributed by atoms with Gasteiger partial charge in [0.1, 0.15) is 5.69 Å². The van der Waals surface area contributed by atoms with Crippen molar-refractivity contribution in [3.63, 3.8) is 0 Å². The van der Waals surface area contributed by atoms with E-state index < -0.39 is 24.2 Å². The van der Waals surface area contributed by atoms with Crippen LogP contribution in [0.1, 0.15) is 16.1 Å². The molecule has 0 unspecified atom stereocenters. The van der Waals surface area contributed by atoms with Crippen LogP contribution in [0.2, 0.25) is 0 Å². The van der Waals surface area contributed by atoms with Crippen LogP contribution in [0.5, 0.6) is 0 Å². The van der Waals surface area contributed by atoms with Crippen LogP contribution < -0.4 is 16.4 Å². The molecule has 0 atom stereocenters. The van der Waals surface area contributed by atoms with Crippen LogP contribution in [-0.2, 0) is 4.79 Å². The maximum absolute atomic E-state index is 12.8. The molecule has 154 valence electrons. The second kappa shape index (κ2) is 7.96. The maximum atomic E-state index is 12.8. The first kappa shape index (κ1) is 19.6. The van der Waals surface area contributed by atoms with Crippen molar-refractivity contribution in [1.29, 1.82) is 5.26 Å². The molecule has 0 aliphatic rings. The average molecular weight is 420 g/mol. The van der Waals surface area contributed by atoms with Gasteiger partial charge in [-0.2, -0.15) is 5.26 Å². The normalized spacial score (nSPS) is 10.6. The topological polar surface area (TPSA) is 157 Å². The SMILES string of the molecule is N#Cc1ccc(NC(=O)c2cc3cccc(NC(=O)CF)c3[nH]2)c(-c2noc(=O)[nH]2)c1. The van der Waals surface area contributed by atoms with Gasteiger partial charge in [0.2, 0.25) is 0 Å². The first-order chi connectivity index (χ1) is 15.0. The largest absolute Gasteiger partial charge is 0.439 e. The highest BCUT2D eigenvalue weighted by Gasteiger charge is 2.17. The number of aromatic amines is 2. The van der Waals surface area contributed by atoms with Crippen molar-refractivity contribution in [3.05, 3.63) is 64.3 Å². The predicted molar refractivity (Wildman–Crippen MR) is 108 cm³/mol. The number of para-hydroxylation sites is 1. The van der Waals surface area contributed by atoms with E-state index in [9.17, 15) is 18.8 Å². The summed E-state index contributed by atoms with van der Waals surface area (Å²) in [7, 11) is 0. The van der Waals surface area contributed by atoms with Crippen molar-refractivity contribution in [3.8, 4) is 17.5 Å². The van der Waals surface area contributed by atoms with Gasteiger partial charge in [0.25, 0.3) is 11.8 Å². The lowest BCUT2D eigenvalue weighted by Gasteiger charge is -2.09. The number of amides is 2. The number of fused-ring (bicyclic) bond motifs is 1. The first-order valence-corrected chi connectivity index (χ1v) is 8.88. The third-order valence-corrected chi connectivity index (χ3v) is 4.39. The minimum absolute atomic E-state index is 0.0465. The van der Waals surface area contributed by atoms with Gasteiger partial charge in [-0.15, -0.1) is 0 Å². The van der Waals surface area contributed by atoms with Gasteiger partial charge in [-0.3, -0.25) is 19.1 Å². The van der Waals surface area contributed by atoms with E-state index in [1.165, 1.54) is 18.2 Å². The first-order valence-electron chi connectivity index (χ1n) is 8.88. The second-order valence-electron chi connectivity index (χ2n) is 6.40. The standard InChI is InChI=1S/C20H13FN6O4/c21-8-16(28)23-14-3-1-2-11-7-15(24-17(11)14)19(29)25-13-5-4-10(9-22)6-12(13)18-26-20(30)31-27-18/h1-7,24H,8H2,(H,23,28)(H,25,29)(H,26,27,30). The van der Waals surface area contributed by atoms with Gasteiger partial charge in [0.05, 0.1) is 28.5 Å². The fraction of sp³-hybridized carbons (Fsp3) is 0.0500. The van der Waals surface area contributed by atoms with Crippen molar-refractivity contribution in [2.45, 2.75) is 0 Å². The number of hydrogen-bond donors (Lipinski definition) is 4. The molecule has 0 saturated carbocycles. The van der Waals surface area contributed by atoms with Crippen molar-refractivity contribution in [2.75, 3.05) is 17.3 Å². The number of halogens is 1. The minimum Gasteiger partial charge on any atom is -0.349 e. The fourth-order valence-corrected chi connectivity index (χ4v) is 3.02. The molecule has 31 heavy (non-hydrogen) atoms. The van der Waals surface area contributed by atoms with Crippen LogP contribution in [-0.4, -0.2) is 33.6 Å². The Morgan fingerprint density at radius 2 is 1.97 bits per heavy atom. The van der Waals surface area contributed by atoms with Gasteiger partial charge in [0.15, 0.2) is 12.5 Å². The number of carbonyl (C=O) groups is 2. The third-order valence-electron chi connectivity index (χ3n) is 4.39. The molecule has 2 heterocycles. The number of benzene rings is 2. The second-order valence-corrected chi connectivity index (χ2v) is 6.40. The molecule has 4 N–H and O–H groups in total. The number of nitrogens with zero attached hydrogens (tertiary/aromatic N) is 2. The highest BCUT2D eigenvalue weighted by Crippen LogP contribution is 2.28. The van der Waals surface area contributed by atoms with E-state index in [2.05, 4.69) is 30.3 Å². The lowest BCUT2D eigenvalue weighted by molar-refractivity contribution is -0.117. The molecular formula is C20H13FN6O4. The molecule has 11 heteroatoms. The number of nitrogens with one attached hydrogen (secondary N) is 4. The van der Waals surface area contributed by atoms with Crippen LogP contribution in [0.3, 0.4) is 0 Å². The number of H-pyrrole nitrogens is 2. The number of anilines is 2. The fourth-order valence-electron chi connectivity index (χ4n) is 3.02. The molecule has 0 aliphatic heterocycles. The Bertz CT molecular complexity index is 1410. The summed E-state index contributed by atoms with van der Waals surface area (Å²) in [6.45, 7) is -1.17. The van der Waals surface area contributed by atoms with Gasteiger partial charge >= 0.3 is 5.76 Å². The van der Waals surface area contributed by atoms with E-state index in [0.29, 0.717) is 16.6 Å². The molecule has 4 rings (SSSR count). The Kier molecular flexibility index (Phi) is 5.03. The molecule has 0 aliphatic carbocycles. The van der Waals surface area contributed by atoms with Crippen molar-refractivity contribution in [1.82, 2.24) is 15.1 Å². The Morgan fingerprint density at radius 1 is 1.13 bits per heavy atom. The lowest BCUT2D eigenvalue weighted by Crippen LogP contribution is -2.14. The molecule has 4 aromatic rings. The Morgan fingerprint density at radius 3 is 2.68 bits per heavy atom. The smallest absolute Gasteiger partial charge is 0.349 e. The predicted octanol–water partition coefficient (Wildman–Crippen LogP) is 2.54. The molecule has 2 aromatic heterocycles. The summed E-state index contributed by atoms with van der Waals surface area (Å²) in [4.78, 5) is 40.8. The molecule has 0 fully saturated rings. The number of alkyl halides is 1. The van der Waals surface area contributed by atoms with Crippen LogP contribution in [0.25, 0.3) is 22.3 Å². The quantitative estimate of drug-likeness (QED) is 0.389. The molecule has 0 spiro atoms. The van der Waals surface area contributed by atoms with E-state index in [0.717, 1.165) is 0 Å². The zero-order chi connectivity index (χ0) is 22.0. The Hall–Kier alpha value is -4.72. The van der Waals surface area contributed by atoms with Gasteiger partial charge in [-0.05, 0) is 30.3 Å². The summed E-state index contributed by atoms with van der Waals surface area (Å²) >= 11 is 0. The number of rotatable bonds is 5. The van der Waals surface area contributed by atoms with Crippen molar-refractivity contribution in [2.24, 2.45) is 0 Å². The lowest BCUT2D eigenvalue weighted by atomic mass is 10.1. The number of carbonyl (C=O) groups excluding carboxylic acids is 2. The molecule has 10 nitrogen and oxygen atoms in total. The van der Waals surface area contributed by atoms with Crippen molar-refractivity contribution < 1.29 is 18.5 Å². The van der Waals surface area contributed by atoms with Crippen LogP contribution in [0.15, 0.2) is 51.8 Å². The summed E-state index contributed by atoms with van der Waals surface area (Å²) < 4.78 is 17.0. The van der Waals surface area contributed by atoms with Crippen LogP contribution in [0.4, 0.5) is 15.8 Å². The number of nitriles is 1. The van der Waals surface area contributed by atoms with E-state index in [-0.39, 0.29) is 28.3 Å². The number of aromatic nitrogens is 3. The molecule has 0 radical (unpaired) electrons. The Balaban J connectivity index is 1.68. The highest BCUT2D eigenvalue weighted by molar-refractivity contribution is 6.09. The van der Waals surface area contributed by atoms with Gasteiger partial charge in [-0.1, -0.05) is 17.3 Å². The summed E-state index contributed by atoms with van der Waals surface area (Å²) in [6, 6.07) is 12.9. The average Bonchev–Trinajstić information content (AvgIpc) is 3.41. The van der Waals surface area contributed by atoms with Gasteiger partial charge in [-0.25, -0.2) is 9.18 Å². The summed E-state index contributed by atoms with van der Waals surface area (Å²) in [6.07, 6.45) is 0. The van der Waals surface area contributed by atoms with Crippen molar-refractivity contribution >= 4 is 34.1 Å². The molecule has 2 aromatic carbocycles. The van der Waals surface area contributed by atoms with Crippen LogP contribution in [0, 0.1) is 11.3 Å². The van der Waals surface area contributed by atoms with Gasteiger partial charge < -0.3 is 15.6 Å².